The summed E-state index contributed by atoms with van der Waals surface area (Å²) < 4.78 is 6.81. The number of hydrogen-bond acceptors (Lipinski definition) is 3. The highest BCUT2D eigenvalue weighted by Gasteiger charge is 2.27. The van der Waals surface area contributed by atoms with Gasteiger partial charge in [0.05, 0.1) is 17.8 Å². The number of methoxy groups -OCH3 is 1. The minimum absolute atomic E-state index is 0.0474. The predicted molar refractivity (Wildman–Crippen MR) is 143 cm³/mol. The fourth-order valence-corrected chi connectivity index (χ4v) is 4.30. The van der Waals surface area contributed by atoms with Gasteiger partial charge in [-0.05, 0) is 74.7 Å². The third kappa shape index (κ3) is 6.47. The van der Waals surface area contributed by atoms with Crippen LogP contribution in [-0.2, 0) is 13.0 Å². The average molecular weight is 515 g/mol. The number of anilines is 1. The Morgan fingerprint density at radius 2 is 1.74 bits per heavy atom. The predicted octanol–water partition coefficient (Wildman–Crippen LogP) is 6.86. The fourth-order valence-electron chi connectivity index (χ4n) is 3.76. The van der Waals surface area contributed by atoms with Gasteiger partial charge in [0.2, 0.25) is 0 Å². The number of carbonyl (C=O) groups is 1. The van der Waals surface area contributed by atoms with Crippen LogP contribution in [0.25, 0.3) is 12.2 Å². The zero-order chi connectivity index (χ0) is 25.8. The third-order valence-electron chi connectivity index (χ3n) is 5.45. The van der Waals surface area contributed by atoms with Gasteiger partial charge in [0, 0.05) is 17.8 Å². The maximum absolute atomic E-state index is 12.9. The van der Waals surface area contributed by atoms with E-state index >= 15 is 0 Å². The lowest BCUT2D eigenvalue weighted by molar-refractivity contribution is 0.195. The molecule has 0 aliphatic rings. The van der Waals surface area contributed by atoms with Crippen molar-refractivity contribution in [2.75, 3.05) is 12.0 Å². The van der Waals surface area contributed by atoms with Gasteiger partial charge in [0.1, 0.15) is 10.8 Å². The molecule has 1 aromatic heterocycles. The van der Waals surface area contributed by atoms with Gasteiger partial charge >= 0.3 is 6.09 Å². The van der Waals surface area contributed by atoms with Crippen molar-refractivity contribution in [2.24, 2.45) is 0 Å². The Morgan fingerprint density at radius 3 is 2.34 bits per heavy atom. The van der Waals surface area contributed by atoms with Crippen LogP contribution in [0.3, 0.4) is 0 Å². The van der Waals surface area contributed by atoms with E-state index in [9.17, 15) is 14.7 Å². The summed E-state index contributed by atoms with van der Waals surface area (Å²) in [6.45, 7) is 5.86. The van der Waals surface area contributed by atoms with Crippen LogP contribution < -0.4 is 15.2 Å². The van der Waals surface area contributed by atoms with Crippen molar-refractivity contribution >= 4 is 47.1 Å². The van der Waals surface area contributed by atoms with E-state index in [2.05, 4.69) is 0 Å². The number of aromatic nitrogens is 1. The minimum atomic E-state index is -1.02. The van der Waals surface area contributed by atoms with Crippen LogP contribution >= 0.6 is 23.2 Å². The average Bonchev–Trinajstić information content (AvgIpc) is 2.79. The second-order valence-corrected chi connectivity index (χ2v) is 9.81. The van der Waals surface area contributed by atoms with Crippen LogP contribution in [0.1, 0.15) is 37.6 Å². The molecule has 0 unspecified atom stereocenters. The Balaban J connectivity index is 1.87. The van der Waals surface area contributed by atoms with Crippen molar-refractivity contribution in [2.45, 2.75) is 39.3 Å². The van der Waals surface area contributed by atoms with E-state index in [1.807, 2.05) is 63.2 Å². The highest BCUT2D eigenvalue weighted by atomic mass is 35.5. The summed E-state index contributed by atoms with van der Waals surface area (Å²) >= 11 is 12.6. The van der Waals surface area contributed by atoms with Gasteiger partial charge in [0.15, 0.2) is 0 Å². The van der Waals surface area contributed by atoms with Gasteiger partial charge in [-0.1, -0.05) is 53.5 Å². The molecule has 3 aromatic rings. The summed E-state index contributed by atoms with van der Waals surface area (Å²) in [4.78, 5) is 25.9. The van der Waals surface area contributed by atoms with E-state index in [0.717, 1.165) is 16.9 Å². The second kappa shape index (κ2) is 11.0. The summed E-state index contributed by atoms with van der Waals surface area (Å²) in [6, 6.07) is 16.2. The SMILES string of the molecule is COc1cccc(/C=C/c2c(Cl)cc(Cl)c(=O)n2CCc2ccc(N(C(=O)O)C(C)(C)C)cc2)c1. The fraction of sp³-hybridized carbons (Fsp3) is 0.259. The number of amides is 1. The van der Waals surface area contributed by atoms with Gasteiger partial charge < -0.3 is 14.4 Å². The zero-order valence-electron chi connectivity index (χ0n) is 20.1. The first-order valence-corrected chi connectivity index (χ1v) is 11.8. The molecule has 184 valence electrons. The van der Waals surface area contributed by atoms with E-state index in [1.165, 1.54) is 11.0 Å². The van der Waals surface area contributed by atoms with Crippen molar-refractivity contribution in [3.8, 4) is 5.75 Å². The van der Waals surface area contributed by atoms with E-state index in [-0.39, 0.29) is 10.6 Å². The number of nitrogens with zero attached hydrogens (tertiary/aromatic N) is 2. The van der Waals surface area contributed by atoms with Gasteiger partial charge in [-0.15, -0.1) is 0 Å². The lowest BCUT2D eigenvalue weighted by Crippen LogP contribution is -2.45. The molecular formula is C27H28Cl2N2O4. The normalized spacial score (nSPS) is 11.6. The molecule has 6 nitrogen and oxygen atoms in total. The second-order valence-electron chi connectivity index (χ2n) is 9.00. The smallest absolute Gasteiger partial charge is 0.412 e. The minimum Gasteiger partial charge on any atom is -0.497 e. The lowest BCUT2D eigenvalue weighted by Gasteiger charge is -2.33. The topological polar surface area (TPSA) is 71.8 Å². The molecular weight excluding hydrogens is 487 g/mol. The highest BCUT2D eigenvalue weighted by molar-refractivity contribution is 6.35. The summed E-state index contributed by atoms with van der Waals surface area (Å²) in [5.41, 5.74) is 2.06. The molecule has 0 fully saturated rings. The molecule has 1 N–H and O–H groups in total. The lowest BCUT2D eigenvalue weighted by atomic mass is 10.0. The molecule has 0 aliphatic carbocycles. The molecule has 1 heterocycles. The maximum Gasteiger partial charge on any atom is 0.412 e. The first kappa shape index (κ1) is 26.4. The molecule has 0 saturated carbocycles. The highest BCUT2D eigenvalue weighted by Crippen LogP contribution is 2.25. The molecule has 0 aliphatic heterocycles. The van der Waals surface area contributed by atoms with E-state index < -0.39 is 11.6 Å². The number of aryl methyl sites for hydroxylation is 1. The van der Waals surface area contributed by atoms with E-state index in [0.29, 0.717) is 29.4 Å². The van der Waals surface area contributed by atoms with Crippen LogP contribution in [0.15, 0.2) is 59.4 Å². The summed E-state index contributed by atoms with van der Waals surface area (Å²) in [7, 11) is 1.60. The van der Waals surface area contributed by atoms with Crippen molar-refractivity contribution in [3.63, 3.8) is 0 Å². The number of ether oxygens (including phenoxy) is 1. The van der Waals surface area contributed by atoms with Crippen LogP contribution in [0, 0.1) is 0 Å². The monoisotopic (exact) mass is 514 g/mol. The molecule has 0 bridgehead atoms. The maximum atomic E-state index is 12.9. The Hall–Kier alpha value is -3.22. The van der Waals surface area contributed by atoms with Crippen LogP contribution in [0.4, 0.5) is 10.5 Å². The quantitative estimate of drug-likeness (QED) is 0.373. The largest absolute Gasteiger partial charge is 0.497 e. The molecule has 8 heteroatoms. The first-order chi connectivity index (χ1) is 16.5. The van der Waals surface area contributed by atoms with Gasteiger partial charge in [-0.25, -0.2) is 4.79 Å². The summed E-state index contributed by atoms with van der Waals surface area (Å²) in [5, 5.41) is 10.0. The Morgan fingerprint density at radius 1 is 1.06 bits per heavy atom. The van der Waals surface area contributed by atoms with Gasteiger partial charge in [-0.2, -0.15) is 0 Å². The number of hydrogen-bond donors (Lipinski definition) is 1. The number of halogens is 2. The third-order valence-corrected chi connectivity index (χ3v) is 6.02. The molecule has 0 saturated heterocycles. The van der Waals surface area contributed by atoms with Crippen molar-refractivity contribution in [3.05, 3.63) is 91.8 Å². The molecule has 0 radical (unpaired) electrons. The summed E-state index contributed by atoms with van der Waals surface area (Å²) in [5.74, 6) is 0.725. The Kier molecular flexibility index (Phi) is 8.30. The standard InChI is InChI=1S/C27H28Cl2N2O4/c1-27(2,3)31(26(33)34)20-11-8-18(9-12-20)14-15-30-24(22(28)17-23(29)25(30)32)13-10-19-6-5-7-21(16-19)35-4/h5-13,16-17H,14-15H2,1-4H3,(H,33,34)/b13-10+. The van der Waals surface area contributed by atoms with Crippen molar-refractivity contribution < 1.29 is 14.6 Å². The van der Waals surface area contributed by atoms with Crippen molar-refractivity contribution in [1.29, 1.82) is 0 Å². The Bertz CT molecular complexity index is 1290. The molecule has 2 aromatic carbocycles. The number of benzene rings is 2. The number of rotatable bonds is 7. The summed E-state index contributed by atoms with van der Waals surface area (Å²) in [6.07, 6.45) is 3.15. The van der Waals surface area contributed by atoms with Gasteiger partial charge in [0.25, 0.3) is 5.56 Å². The van der Waals surface area contributed by atoms with Gasteiger partial charge in [-0.3, -0.25) is 9.69 Å². The van der Waals surface area contributed by atoms with Crippen LogP contribution in [0.5, 0.6) is 5.75 Å². The molecule has 3 rings (SSSR count). The first-order valence-electron chi connectivity index (χ1n) is 11.0. The number of pyridine rings is 1. The van der Waals surface area contributed by atoms with Crippen LogP contribution in [-0.4, -0.2) is 28.4 Å². The molecule has 0 atom stereocenters. The Labute approximate surface area is 215 Å². The van der Waals surface area contributed by atoms with Crippen molar-refractivity contribution in [1.82, 2.24) is 4.57 Å². The van der Waals surface area contributed by atoms with Crippen LogP contribution in [0.2, 0.25) is 10.0 Å². The van der Waals surface area contributed by atoms with E-state index in [4.69, 9.17) is 27.9 Å². The molecule has 35 heavy (non-hydrogen) atoms. The molecule has 0 spiro atoms. The zero-order valence-corrected chi connectivity index (χ0v) is 21.6. The van der Waals surface area contributed by atoms with E-state index in [1.54, 1.807) is 29.9 Å². The number of carboxylic acid groups (broad SMARTS) is 1. The molecule has 1 amide bonds.